The van der Waals surface area contributed by atoms with Crippen molar-refractivity contribution in [3.8, 4) is 0 Å². The quantitative estimate of drug-likeness (QED) is 0.610. The van der Waals surface area contributed by atoms with Crippen LogP contribution in [0, 0.1) is 5.82 Å². The predicted octanol–water partition coefficient (Wildman–Crippen LogP) is 2.39. The summed E-state index contributed by atoms with van der Waals surface area (Å²) in [4.78, 5) is 0.649. The molecular weight excluding hydrogens is 139 g/mol. The van der Waals surface area contributed by atoms with Crippen molar-refractivity contribution in [1.82, 2.24) is 0 Å². The first-order valence-electron chi connectivity index (χ1n) is 2.40. The zero-order valence-corrected chi connectivity index (χ0v) is 5.36. The molecule has 9 heavy (non-hydrogen) atoms. The zero-order valence-electron chi connectivity index (χ0n) is 4.54. The van der Waals surface area contributed by atoms with Crippen LogP contribution in [0.5, 0.6) is 0 Å². The summed E-state index contributed by atoms with van der Waals surface area (Å²) in [5.74, 6) is -0.284. The van der Waals surface area contributed by atoms with Gasteiger partial charge in [0.05, 0.1) is 0 Å². The monoisotopic (exact) mass is 144 g/mol. The first kappa shape index (κ1) is 6.58. The normalized spacial score (nSPS) is 9.56. The fourth-order valence-corrected chi connectivity index (χ4v) is 0.753. The highest BCUT2D eigenvalue weighted by Gasteiger charge is 1.89. The van der Waals surface area contributed by atoms with Crippen LogP contribution in [0.4, 0.5) is 4.39 Å². The Hall–Kier alpha value is -0.540. The Morgan fingerprint density at radius 3 is 2.22 bits per heavy atom. The highest BCUT2D eigenvalue weighted by molar-refractivity contribution is 7.93. The van der Waals surface area contributed by atoms with Gasteiger partial charge in [-0.15, -0.1) is 0 Å². The van der Waals surface area contributed by atoms with Crippen LogP contribution < -0.4 is 0 Å². The molecule has 0 spiro atoms. The van der Waals surface area contributed by atoms with Crippen molar-refractivity contribution in [1.29, 1.82) is 0 Å². The van der Waals surface area contributed by atoms with Crippen LogP contribution in [0.3, 0.4) is 0 Å². The summed E-state index contributed by atoms with van der Waals surface area (Å²) >= 11 is 0.611. The van der Waals surface area contributed by atoms with Gasteiger partial charge in [-0.25, -0.2) is 4.39 Å². The van der Waals surface area contributed by atoms with Gasteiger partial charge in [-0.2, -0.15) is 0 Å². The molecule has 3 heteroatoms. The van der Waals surface area contributed by atoms with Gasteiger partial charge in [0.2, 0.25) is 0 Å². The third kappa shape index (κ3) is 1.69. The first-order valence-corrected chi connectivity index (χ1v) is 3.17. The Bertz CT molecular complexity index is 185. The van der Waals surface area contributed by atoms with Gasteiger partial charge < -0.3 is 4.55 Å². The van der Waals surface area contributed by atoms with Crippen LogP contribution in [0.1, 0.15) is 0 Å². The molecule has 48 valence electrons. The third-order valence-electron chi connectivity index (χ3n) is 0.919. The van der Waals surface area contributed by atoms with E-state index in [0.29, 0.717) is 16.9 Å². The number of rotatable bonds is 1. The predicted molar refractivity (Wildman–Crippen MR) is 34.9 cm³/mol. The molecule has 0 bridgehead atoms. The average molecular weight is 144 g/mol. The molecule has 1 aromatic carbocycles. The molecule has 0 radical (unpaired) electrons. The largest absolute Gasteiger partial charge is 0.325 e. The highest BCUT2D eigenvalue weighted by atomic mass is 32.2. The van der Waals surface area contributed by atoms with Crippen molar-refractivity contribution in [3.63, 3.8) is 0 Å². The lowest BCUT2D eigenvalue weighted by Gasteiger charge is -1.90. The maximum Gasteiger partial charge on any atom is 0.123 e. The van der Waals surface area contributed by atoms with Crippen molar-refractivity contribution < 1.29 is 8.94 Å². The van der Waals surface area contributed by atoms with Crippen molar-refractivity contribution in [2.45, 2.75) is 4.90 Å². The van der Waals surface area contributed by atoms with Crippen molar-refractivity contribution in [3.05, 3.63) is 30.1 Å². The molecule has 0 aliphatic carbocycles. The molecule has 1 nitrogen and oxygen atoms in total. The van der Waals surface area contributed by atoms with E-state index in [2.05, 4.69) is 0 Å². The Morgan fingerprint density at radius 2 is 1.78 bits per heavy atom. The lowest BCUT2D eigenvalue weighted by Crippen LogP contribution is -1.71. The maximum atomic E-state index is 12.1. The summed E-state index contributed by atoms with van der Waals surface area (Å²) < 4.78 is 20.6. The number of hydrogen-bond donors (Lipinski definition) is 1. The minimum absolute atomic E-state index is 0.284. The molecule has 0 fully saturated rings. The summed E-state index contributed by atoms with van der Waals surface area (Å²) in [6.07, 6.45) is 0. The van der Waals surface area contributed by atoms with E-state index in [1.807, 2.05) is 0 Å². The molecular formula is C6H5FOS. The summed E-state index contributed by atoms with van der Waals surface area (Å²) in [5, 5.41) is 0. The molecule has 1 N–H and O–H groups in total. The van der Waals surface area contributed by atoms with Crippen molar-refractivity contribution >= 4 is 12.0 Å². The van der Waals surface area contributed by atoms with Gasteiger partial charge in [0.1, 0.15) is 5.82 Å². The lowest BCUT2D eigenvalue weighted by molar-refractivity contribution is 0.625. The molecule has 0 saturated heterocycles. The smallest absolute Gasteiger partial charge is 0.123 e. The van der Waals surface area contributed by atoms with E-state index in [1.54, 1.807) is 0 Å². The van der Waals surface area contributed by atoms with Crippen molar-refractivity contribution in [2.75, 3.05) is 0 Å². The van der Waals surface area contributed by atoms with Crippen LogP contribution in [0.2, 0.25) is 0 Å². The van der Waals surface area contributed by atoms with E-state index in [1.165, 1.54) is 24.3 Å². The van der Waals surface area contributed by atoms with E-state index >= 15 is 0 Å². The van der Waals surface area contributed by atoms with Gasteiger partial charge in [0.15, 0.2) is 0 Å². The van der Waals surface area contributed by atoms with Gasteiger partial charge in [0.25, 0.3) is 0 Å². The van der Waals surface area contributed by atoms with Gasteiger partial charge in [-0.1, -0.05) is 0 Å². The molecule has 0 unspecified atom stereocenters. The van der Waals surface area contributed by atoms with Gasteiger partial charge in [0, 0.05) is 16.9 Å². The first-order chi connectivity index (χ1) is 4.33. The second-order valence-corrected chi connectivity index (χ2v) is 2.20. The Labute approximate surface area is 56.7 Å². The molecule has 0 amide bonds. The topological polar surface area (TPSA) is 20.2 Å². The molecule has 0 aliphatic rings. The molecule has 1 aromatic rings. The summed E-state index contributed by atoms with van der Waals surface area (Å²) in [6.45, 7) is 0. The van der Waals surface area contributed by atoms with Crippen LogP contribution in [-0.4, -0.2) is 4.55 Å². The number of halogens is 1. The zero-order chi connectivity index (χ0) is 6.69. The van der Waals surface area contributed by atoms with E-state index in [-0.39, 0.29) is 5.82 Å². The number of benzene rings is 1. The summed E-state index contributed by atoms with van der Waals surface area (Å²) in [7, 11) is 0. The third-order valence-corrected chi connectivity index (χ3v) is 1.40. The number of hydrogen-bond acceptors (Lipinski definition) is 2. The molecule has 0 saturated carbocycles. The lowest BCUT2D eigenvalue weighted by atomic mass is 10.4. The second-order valence-electron chi connectivity index (χ2n) is 1.55. The summed E-state index contributed by atoms with van der Waals surface area (Å²) in [6, 6.07) is 5.64. The fourth-order valence-electron chi connectivity index (χ4n) is 0.495. The SMILES string of the molecule is OSc1ccc(F)cc1. The Morgan fingerprint density at radius 1 is 1.22 bits per heavy atom. The van der Waals surface area contributed by atoms with E-state index < -0.39 is 0 Å². The van der Waals surface area contributed by atoms with E-state index in [0.717, 1.165) is 0 Å². The van der Waals surface area contributed by atoms with Crippen LogP contribution in [-0.2, 0) is 0 Å². The maximum absolute atomic E-state index is 12.1. The molecule has 0 heterocycles. The van der Waals surface area contributed by atoms with Crippen LogP contribution >= 0.6 is 12.0 Å². The molecule has 0 aromatic heterocycles. The fraction of sp³-hybridized carbons (Fsp3) is 0. The minimum Gasteiger partial charge on any atom is -0.325 e. The van der Waals surface area contributed by atoms with E-state index in [9.17, 15) is 4.39 Å². The van der Waals surface area contributed by atoms with Gasteiger partial charge in [-0.3, -0.25) is 0 Å². The Kier molecular flexibility index (Phi) is 2.08. The average Bonchev–Trinajstić information content (AvgIpc) is 1.90. The summed E-state index contributed by atoms with van der Waals surface area (Å²) in [5.41, 5.74) is 0. The standard InChI is InChI=1S/C6H5FOS/c7-5-1-3-6(9-8)4-2-5/h1-4,8H. The van der Waals surface area contributed by atoms with Crippen LogP contribution in [0.15, 0.2) is 29.2 Å². The van der Waals surface area contributed by atoms with Crippen molar-refractivity contribution in [2.24, 2.45) is 0 Å². The van der Waals surface area contributed by atoms with Gasteiger partial charge >= 0.3 is 0 Å². The molecule has 1 rings (SSSR count). The van der Waals surface area contributed by atoms with E-state index in [4.69, 9.17) is 4.55 Å². The highest BCUT2D eigenvalue weighted by Crippen LogP contribution is 2.13. The van der Waals surface area contributed by atoms with Crippen LogP contribution in [0.25, 0.3) is 0 Å². The molecule has 0 aliphatic heterocycles. The van der Waals surface area contributed by atoms with Gasteiger partial charge in [-0.05, 0) is 24.3 Å². The minimum atomic E-state index is -0.284. The second kappa shape index (κ2) is 2.85. The molecule has 0 atom stereocenters. The Balaban J connectivity index is 2.88.